The van der Waals surface area contributed by atoms with Gasteiger partial charge in [-0.15, -0.1) is 0 Å². The molecule has 1 aliphatic rings. The second-order valence-electron chi connectivity index (χ2n) is 6.57. The van der Waals surface area contributed by atoms with Crippen LogP contribution in [0.15, 0.2) is 53.4 Å². The third-order valence-electron chi connectivity index (χ3n) is 4.55. The normalized spacial score (nSPS) is 17.6. The molecule has 3 rings (SSSR count). The fraction of sp³-hybridized carbons (Fsp3) is 0.316. The Balaban J connectivity index is 1.61. The molecule has 6 nitrogen and oxygen atoms in total. The molecule has 0 aromatic heterocycles. The van der Waals surface area contributed by atoms with Gasteiger partial charge in [0.05, 0.1) is 4.90 Å². The van der Waals surface area contributed by atoms with E-state index in [1.165, 1.54) is 4.31 Å². The maximum Gasteiger partial charge on any atom is 0.319 e. The van der Waals surface area contributed by atoms with Crippen LogP contribution in [0.25, 0.3) is 0 Å². The number of rotatable bonds is 5. The number of nitrogens with one attached hydrogen (secondary N) is 2. The van der Waals surface area contributed by atoms with E-state index in [0.717, 1.165) is 12.0 Å². The van der Waals surface area contributed by atoms with Gasteiger partial charge < -0.3 is 10.6 Å². The maximum atomic E-state index is 12.9. The van der Waals surface area contributed by atoms with E-state index >= 15 is 0 Å². The van der Waals surface area contributed by atoms with Crippen molar-refractivity contribution in [2.45, 2.75) is 30.7 Å². The first-order chi connectivity index (χ1) is 12.9. The van der Waals surface area contributed by atoms with Gasteiger partial charge >= 0.3 is 6.03 Å². The van der Waals surface area contributed by atoms with Crippen LogP contribution in [-0.4, -0.2) is 37.9 Å². The topological polar surface area (TPSA) is 78.5 Å². The van der Waals surface area contributed by atoms with Crippen molar-refractivity contribution in [3.05, 3.63) is 59.1 Å². The Morgan fingerprint density at radius 2 is 1.81 bits per heavy atom. The van der Waals surface area contributed by atoms with Gasteiger partial charge in [-0.3, -0.25) is 0 Å². The largest absolute Gasteiger partial charge is 0.336 e. The minimum Gasteiger partial charge on any atom is -0.336 e. The van der Waals surface area contributed by atoms with Gasteiger partial charge in [-0.05, 0) is 56.2 Å². The van der Waals surface area contributed by atoms with Crippen LogP contribution >= 0.6 is 11.6 Å². The van der Waals surface area contributed by atoms with Crippen molar-refractivity contribution in [1.29, 1.82) is 0 Å². The second kappa shape index (κ2) is 8.29. The van der Waals surface area contributed by atoms with E-state index in [4.69, 9.17) is 11.6 Å². The molecule has 1 saturated heterocycles. The number of anilines is 1. The van der Waals surface area contributed by atoms with Crippen LogP contribution in [0, 0.1) is 6.92 Å². The highest BCUT2D eigenvalue weighted by Gasteiger charge is 2.35. The number of hydrogen-bond donors (Lipinski definition) is 2. The van der Waals surface area contributed by atoms with Gasteiger partial charge in [0, 0.05) is 29.8 Å². The van der Waals surface area contributed by atoms with Crippen molar-refractivity contribution in [3.63, 3.8) is 0 Å². The summed E-state index contributed by atoms with van der Waals surface area (Å²) in [5.74, 6) is 0. The highest BCUT2D eigenvalue weighted by atomic mass is 35.5. The zero-order valence-corrected chi connectivity index (χ0v) is 16.6. The predicted molar refractivity (Wildman–Crippen MR) is 107 cm³/mol. The minimum atomic E-state index is -3.57. The van der Waals surface area contributed by atoms with Crippen molar-refractivity contribution in [2.24, 2.45) is 0 Å². The summed E-state index contributed by atoms with van der Waals surface area (Å²) in [5.41, 5.74) is 1.62. The van der Waals surface area contributed by atoms with E-state index in [9.17, 15) is 13.2 Å². The first-order valence-corrected chi connectivity index (χ1v) is 10.6. The number of carbonyl (C=O) groups is 1. The Morgan fingerprint density at radius 3 is 2.48 bits per heavy atom. The van der Waals surface area contributed by atoms with Gasteiger partial charge in [0.2, 0.25) is 10.0 Å². The Labute approximate surface area is 164 Å². The van der Waals surface area contributed by atoms with Gasteiger partial charge in [-0.1, -0.05) is 29.3 Å². The third kappa shape index (κ3) is 4.80. The second-order valence-corrected chi connectivity index (χ2v) is 8.89. The number of carbonyl (C=O) groups excluding carboxylic acids is 1. The summed E-state index contributed by atoms with van der Waals surface area (Å²) < 4.78 is 27.3. The summed E-state index contributed by atoms with van der Waals surface area (Å²) in [6.45, 7) is 2.63. The molecule has 144 valence electrons. The number of benzene rings is 2. The Hall–Kier alpha value is -2.09. The molecule has 1 fully saturated rings. The van der Waals surface area contributed by atoms with Crippen LogP contribution in [0.2, 0.25) is 5.02 Å². The fourth-order valence-corrected chi connectivity index (χ4v) is 4.91. The van der Waals surface area contributed by atoms with Crippen LogP contribution in [0.4, 0.5) is 10.5 Å². The number of nitrogens with zero attached hydrogens (tertiary/aromatic N) is 1. The summed E-state index contributed by atoms with van der Waals surface area (Å²) in [5, 5.41) is 6.06. The van der Waals surface area contributed by atoms with E-state index < -0.39 is 10.0 Å². The van der Waals surface area contributed by atoms with Crippen LogP contribution in [0.1, 0.15) is 18.4 Å². The fourth-order valence-electron chi connectivity index (χ4n) is 3.09. The van der Waals surface area contributed by atoms with Crippen molar-refractivity contribution >= 4 is 33.3 Å². The van der Waals surface area contributed by atoms with Crippen LogP contribution < -0.4 is 10.6 Å². The number of halogens is 1. The van der Waals surface area contributed by atoms with Crippen LogP contribution in [0.5, 0.6) is 0 Å². The summed E-state index contributed by atoms with van der Waals surface area (Å²) >= 11 is 5.82. The Kier molecular flexibility index (Phi) is 6.04. The van der Waals surface area contributed by atoms with Crippen LogP contribution in [0.3, 0.4) is 0 Å². The highest BCUT2D eigenvalue weighted by molar-refractivity contribution is 7.89. The molecule has 2 N–H and O–H groups in total. The molecule has 2 aromatic carbocycles. The molecule has 2 aromatic rings. The molecule has 2 amide bonds. The molecule has 0 spiro atoms. The average molecular weight is 408 g/mol. The highest BCUT2D eigenvalue weighted by Crippen LogP contribution is 2.26. The lowest BCUT2D eigenvalue weighted by Crippen LogP contribution is -2.44. The van der Waals surface area contributed by atoms with Gasteiger partial charge in [-0.25, -0.2) is 13.2 Å². The van der Waals surface area contributed by atoms with Gasteiger partial charge in [0.1, 0.15) is 0 Å². The molecule has 0 bridgehead atoms. The number of urea groups is 1. The summed E-state index contributed by atoms with van der Waals surface area (Å²) in [4.78, 5) is 12.4. The molecule has 8 heteroatoms. The Bertz CT molecular complexity index is 899. The van der Waals surface area contributed by atoms with Crippen LogP contribution in [-0.2, 0) is 10.0 Å². The quantitative estimate of drug-likeness (QED) is 0.794. The molecule has 0 aliphatic carbocycles. The molecular formula is C19H22ClN3O3S. The third-order valence-corrected chi connectivity index (χ3v) is 6.77. The van der Waals surface area contributed by atoms with E-state index in [1.807, 2.05) is 6.92 Å². The van der Waals surface area contributed by atoms with E-state index in [-0.39, 0.29) is 23.5 Å². The number of amides is 2. The van der Waals surface area contributed by atoms with Gasteiger partial charge in [-0.2, -0.15) is 4.31 Å². The molecule has 0 radical (unpaired) electrons. The number of sulfonamides is 1. The lowest BCUT2D eigenvalue weighted by Gasteiger charge is -2.24. The lowest BCUT2D eigenvalue weighted by atomic mass is 10.2. The summed E-state index contributed by atoms with van der Waals surface area (Å²) in [7, 11) is -3.57. The Morgan fingerprint density at radius 1 is 1.15 bits per heavy atom. The minimum absolute atomic E-state index is 0.254. The zero-order chi connectivity index (χ0) is 19.4. The molecule has 0 unspecified atom stereocenters. The molecule has 1 heterocycles. The molecule has 1 atom stereocenters. The number of hydrogen-bond acceptors (Lipinski definition) is 3. The SMILES string of the molecule is Cc1ccc(S(=O)(=O)N2CCC[C@H]2CNC(=O)Nc2ccc(Cl)cc2)cc1. The predicted octanol–water partition coefficient (Wildman–Crippen LogP) is 3.62. The zero-order valence-electron chi connectivity index (χ0n) is 15.0. The molecular weight excluding hydrogens is 386 g/mol. The first kappa shape index (κ1) is 19.7. The lowest BCUT2D eigenvalue weighted by molar-refractivity contribution is 0.249. The van der Waals surface area contributed by atoms with Crippen molar-refractivity contribution in [2.75, 3.05) is 18.4 Å². The average Bonchev–Trinajstić information content (AvgIpc) is 3.12. The molecule has 27 heavy (non-hydrogen) atoms. The first-order valence-electron chi connectivity index (χ1n) is 8.75. The van der Waals surface area contributed by atoms with E-state index in [2.05, 4.69) is 10.6 Å². The maximum absolute atomic E-state index is 12.9. The standard InChI is InChI=1S/C19H22ClN3O3S/c1-14-4-10-18(11-5-14)27(25,26)23-12-2-3-17(23)13-21-19(24)22-16-8-6-15(20)7-9-16/h4-11,17H,2-3,12-13H2,1H3,(H2,21,22,24)/t17-/m0/s1. The molecule has 1 aliphatic heterocycles. The summed E-state index contributed by atoms with van der Waals surface area (Å²) in [6, 6.07) is 13.0. The summed E-state index contributed by atoms with van der Waals surface area (Å²) in [6.07, 6.45) is 1.49. The van der Waals surface area contributed by atoms with Crippen molar-refractivity contribution in [1.82, 2.24) is 9.62 Å². The number of aryl methyl sites for hydroxylation is 1. The molecule has 0 saturated carbocycles. The van der Waals surface area contributed by atoms with E-state index in [0.29, 0.717) is 23.7 Å². The van der Waals surface area contributed by atoms with Crippen molar-refractivity contribution < 1.29 is 13.2 Å². The van der Waals surface area contributed by atoms with E-state index in [1.54, 1.807) is 48.5 Å². The van der Waals surface area contributed by atoms with Crippen molar-refractivity contribution in [3.8, 4) is 0 Å². The smallest absolute Gasteiger partial charge is 0.319 e. The monoisotopic (exact) mass is 407 g/mol. The van der Waals surface area contributed by atoms with Gasteiger partial charge in [0.25, 0.3) is 0 Å². The van der Waals surface area contributed by atoms with Gasteiger partial charge in [0.15, 0.2) is 0 Å².